The summed E-state index contributed by atoms with van der Waals surface area (Å²) in [4.78, 5) is 28.8. The number of nitrogens with zero attached hydrogens (tertiary/aromatic N) is 1. The first kappa shape index (κ1) is 19.7. The van der Waals surface area contributed by atoms with E-state index in [1.54, 1.807) is 4.90 Å². The maximum atomic E-state index is 13.6. The molecular formula is C25H30N2O2. The van der Waals surface area contributed by atoms with Crippen LogP contribution in [-0.2, 0) is 17.8 Å². The van der Waals surface area contributed by atoms with Crippen LogP contribution in [0, 0.1) is 0 Å². The highest BCUT2D eigenvalue weighted by Gasteiger charge is 2.47. The Morgan fingerprint density at radius 3 is 2.38 bits per heavy atom. The zero-order valence-electron chi connectivity index (χ0n) is 17.2. The molecule has 2 amide bonds. The lowest BCUT2D eigenvalue weighted by molar-refractivity contribution is -0.132. The zero-order chi connectivity index (χ0) is 20.3. The minimum Gasteiger partial charge on any atom is -0.351 e. The van der Waals surface area contributed by atoms with Crippen molar-refractivity contribution in [1.29, 1.82) is 0 Å². The first-order chi connectivity index (χ1) is 14.1. The first-order valence-corrected chi connectivity index (χ1v) is 10.8. The van der Waals surface area contributed by atoms with Crippen LogP contribution in [-0.4, -0.2) is 28.3 Å². The predicted molar refractivity (Wildman–Crippen MR) is 114 cm³/mol. The minimum atomic E-state index is -0.895. The summed E-state index contributed by atoms with van der Waals surface area (Å²) in [7, 11) is 0. The van der Waals surface area contributed by atoms with E-state index in [9.17, 15) is 9.59 Å². The molecule has 1 N–H and O–H groups in total. The average Bonchev–Trinajstić information content (AvgIpc) is 3.00. The molecule has 1 unspecified atom stereocenters. The Kier molecular flexibility index (Phi) is 5.70. The average molecular weight is 391 g/mol. The lowest BCUT2D eigenvalue weighted by atomic mass is 9.82. The van der Waals surface area contributed by atoms with Crippen LogP contribution in [0.3, 0.4) is 0 Å². The first-order valence-electron chi connectivity index (χ1n) is 10.8. The van der Waals surface area contributed by atoms with Gasteiger partial charge in [0.15, 0.2) is 0 Å². The molecule has 29 heavy (non-hydrogen) atoms. The van der Waals surface area contributed by atoms with Gasteiger partial charge in [0, 0.05) is 24.6 Å². The second-order valence-electron chi connectivity index (χ2n) is 8.65. The summed E-state index contributed by atoms with van der Waals surface area (Å²) in [5.74, 6) is -0.0857. The second-order valence-corrected chi connectivity index (χ2v) is 8.65. The summed E-state index contributed by atoms with van der Waals surface area (Å²) in [6.45, 7) is 2.36. The van der Waals surface area contributed by atoms with Crippen molar-refractivity contribution in [3.8, 4) is 0 Å². The van der Waals surface area contributed by atoms with Crippen molar-refractivity contribution in [3.63, 3.8) is 0 Å². The quantitative estimate of drug-likeness (QED) is 0.783. The standard InChI is InChI=1S/C25H30N2O2/c1-25(24(29)26-21-14-7-2-3-8-15-21)17-20-13-9-10-16-22(20)23(28)27(25)18-19-11-5-4-6-12-19/h4-6,9-13,16,21H,2-3,7-8,14-15,17-18H2,1H3,(H,26,29). The lowest BCUT2D eigenvalue weighted by Crippen LogP contribution is -2.63. The number of hydrogen-bond acceptors (Lipinski definition) is 2. The van der Waals surface area contributed by atoms with Crippen LogP contribution in [0.15, 0.2) is 54.6 Å². The molecule has 2 aromatic carbocycles. The van der Waals surface area contributed by atoms with Gasteiger partial charge in [0.2, 0.25) is 5.91 Å². The molecule has 1 heterocycles. The third-order valence-corrected chi connectivity index (χ3v) is 6.49. The summed E-state index contributed by atoms with van der Waals surface area (Å²) in [6, 6.07) is 17.8. The molecule has 152 valence electrons. The van der Waals surface area contributed by atoms with Crippen molar-refractivity contribution in [3.05, 3.63) is 71.3 Å². The number of amides is 2. The molecule has 4 rings (SSSR count). The van der Waals surface area contributed by atoms with Crippen molar-refractivity contribution in [2.45, 2.75) is 70.0 Å². The fourth-order valence-corrected chi connectivity index (χ4v) is 4.70. The van der Waals surface area contributed by atoms with Crippen LogP contribution in [0.5, 0.6) is 0 Å². The van der Waals surface area contributed by atoms with Crippen molar-refractivity contribution in [1.82, 2.24) is 10.2 Å². The number of hydrogen-bond donors (Lipinski definition) is 1. The summed E-state index contributed by atoms with van der Waals surface area (Å²) in [5, 5.41) is 3.30. The number of carbonyl (C=O) groups excluding carboxylic acids is 2. The number of nitrogens with one attached hydrogen (secondary N) is 1. The maximum absolute atomic E-state index is 13.6. The number of carbonyl (C=O) groups is 2. The SMILES string of the molecule is CC1(C(=O)NC2CCCCCC2)Cc2ccccc2C(=O)N1Cc1ccccc1. The Morgan fingerprint density at radius 2 is 1.66 bits per heavy atom. The van der Waals surface area contributed by atoms with E-state index in [1.807, 2.05) is 61.5 Å². The molecule has 2 aromatic rings. The third kappa shape index (κ3) is 4.07. The molecule has 2 aliphatic rings. The van der Waals surface area contributed by atoms with Gasteiger partial charge in [0.1, 0.15) is 5.54 Å². The van der Waals surface area contributed by atoms with Gasteiger partial charge in [-0.1, -0.05) is 74.2 Å². The molecule has 0 saturated heterocycles. The van der Waals surface area contributed by atoms with Crippen molar-refractivity contribution in [2.24, 2.45) is 0 Å². The molecule has 1 fully saturated rings. The highest BCUT2D eigenvalue weighted by atomic mass is 16.2. The Labute approximate surface area is 173 Å². The minimum absolute atomic E-state index is 0.0248. The van der Waals surface area contributed by atoms with Gasteiger partial charge in [0.05, 0.1) is 0 Å². The van der Waals surface area contributed by atoms with Gasteiger partial charge in [0.25, 0.3) is 5.91 Å². The Morgan fingerprint density at radius 1 is 1.00 bits per heavy atom. The molecular weight excluding hydrogens is 360 g/mol. The van der Waals surface area contributed by atoms with Gasteiger partial charge in [-0.3, -0.25) is 9.59 Å². The van der Waals surface area contributed by atoms with Crippen molar-refractivity contribution in [2.75, 3.05) is 0 Å². The van der Waals surface area contributed by atoms with E-state index >= 15 is 0 Å². The van der Waals surface area contributed by atoms with Gasteiger partial charge in [-0.15, -0.1) is 0 Å². The monoisotopic (exact) mass is 390 g/mol. The summed E-state index contributed by atoms with van der Waals surface area (Å²) < 4.78 is 0. The van der Waals surface area contributed by atoms with Gasteiger partial charge < -0.3 is 10.2 Å². The summed E-state index contributed by atoms with van der Waals surface area (Å²) >= 11 is 0. The summed E-state index contributed by atoms with van der Waals surface area (Å²) in [6.07, 6.45) is 7.43. The molecule has 4 nitrogen and oxygen atoms in total. The molecule has 1 atom stereocenters. The fraction of sp³-hybridized carbons (Fsp3) is 0.440. The van der Waals surface area contributed by atoms with E-state index in [2.05, 4.69) is 5.32 Å². The normalized spacial score (nSPS) is 22.7. The maximum Gasteiger partial charge on any atom is 0.255 e. The molecule has 0 spiro atoms. The predicted octanol–water partition coefficient (Wildman–Crippen LogP) is 4.48. The summed E-state index contributed by atoms with van der Waals surface area (Å²) in [5.41, 5.74) is 1.81. The molecule has 0 radical (unpaired) electrons. The molecule has 1 aliphatic carbocycles. The second kappa shape index (κ2) is 8.40. The van der Waals surface area contributed by atoms with Crippen LogP contribution in [0.1, 0.15) is 66.9 Å². The van der Waals surface area contributed by atoms with E-state index in [0.717, 1.165) is 36.8 Å². The largest absolute Gasteiger partial charge is 0.351 e. The van der Waals surface area contributed by atoms with Crippen molar-refractivity contribution >= 4 is 11.8 Å². The van der Waals surface area contributed by atoms with E-state index < -0.39 is 5.54 Å². The van der Waals surface area contributed by atoms with E-state index in [1.165, 1.54) is 12.8 Å². The Balaban J connectivity index is 1.65. The van der Waals surface area contributed by atoms with E-state index in [4.69, 9.17) is 0 Å². The van der Waals surface area contributed by atoms with Gasteiger partial charge in [-0.05, 0) is 37.0 Å². The fourth-order valence-electron chi connectivity index (χ4n) is 4.70. The number of benzene rings is 2. The van der Waals surface area contributed by atoms with Gasteiger partial charge >= 0.3 is 0 Å². The van der Waals surface area contributed by atoms with Crippen LogP contribution in [0.25, 0.3) is 0 Å². The topological polar surface area (TPSA) is 49.4 Å². The van der Waals surface area contributed by atoms with Crippen LogP contribution in [0.4, 0.5) is 0 Å². The lowest BCUT2D eigenvalue weighted by Gasteiger charge is -2.44. The van der Waals surface area contributed by atoms with Gasteiger partial charge in [-0.2, -0.15) is 0 Å². The van der Waals surface area contributed by atoms with Crippen LogP contribution in [0.2, 0.25) is 0 Å². The van der Waals surface area contributed by atoms with E-state index in [0.29, 0.717) is 18.5 Å². The molecule has 0 aromatic heterocycles. The molecule has 0 bridgehead atoms. The van der Waals surface area contributed by atoms with Gasteiger partial charge in [-0.25, -0.2) is 0 Å². The van der Waals surface area contributed by atoms with E-state index in [-0.39, 0.29) is 17.9 Å². The number of fused-ring (bicyclic) bond motifs is 1. The highest BCUT2D eigenvalue weighted by Crippen LogP contribution is 2.33. The molecule has 4 heteroatoms. The zero-order valence-corrected chi connectivity index (χ0v) is 17.2. The van der Waals surface area contributed by atoms with Crippen LogP contribution < -0.4 is 5.32 Å². The Hall–Kier alpha value is -2.62. The number of rotatable bonds is 4. The molecule has 1 saturated carbocycles. The molecule has 1 aliphatic heterocycles. The van der Waals surface area contributed by atoms with Crippen LogP contribution >= 0.6 is 0 Å². The smallest absolute Gasteiger partial charge is 0.255 e. The highest BCUT2D eigenvalue weighted by molar-refractivity contribution is 6.02. The van der Waals surface area contributed by atoms with Crippen molar-refractivity contribution < 1.29 is 9.59 Å². The third-order valence-electron chi connectivity index (χ3n) is 6.49. The Bertz CT molecular complexity index is 871.